The van der Waals surface area contributed by atoms with Gasteiger partial charge in [-0.25, -0.2) is 9.97 Å². The van der Waals surface area contributed by atoms with Gasteiger partial charge in [0.1, 0.15) is 11.6 Å². The first-order chi connectivity index (χ1) is 12.6. The molecule has 6 heteroatoms. The largest absolute Gasteiger partial charge is 0.354 e. The number of fused-ring (bicyclic) bond motifs is 1. The van der Waals surface area contributed by atoms with E-state index in [9.17, 15) is 0 Å². The number of nitrogens with zero attached hydrogens (tertiary/aromatic N) is 6. The molecule has 0 aliphatic carbocycles. The predicted molar refractivity (Wildman–Crippen MR) is 104 cm³/mol. The minimum atomic E-state index is 0.574. The number of likely N-dealkylation sites (N-methyl/N-ethyl adjacent to an activating group) is 1. The van der Waals surface area contributed by atoms with Crippen LogP contribution >= 0.6 is 0 Å². The van der Waals surface area contributed by atoms with Crippen LogP contribution in [-0.2, 0) is 19.9 Å². The highest BCUT2D eigenvalue weighted by Gasteiger charge is 2.27. The molecule has 3 aromatic rings. The lowest BCUT2D eigenvalue weighted by atomic mass is 10.1. The van der Waals surface area contributed by atoms with E-state index in [0.29, 0.717) is 6.04 Å². The fourth-order valence-electron chi connectivity index (χ4n) is 3.66. The summed E-state index contributed by atoms with van der Waals surface area (Å²) in [4.78, 5) is 14.4. The molecule has 1 fully saturated rings. The second kappa shape index (κ2) is 7.03. The molecule has 0 saturated carbocycles. The summed E-state index contributed by atoms with van der Waals surface area (Å²) in [5.74, 6) is 1.93. The van der Waals surface area contributed by atoms with Crippen LogP contribution in [-0.4, -0.2) is 57.9 Å². The Morgan fingerprint density at radius 1 is 1.12 bits per heavy atom. The normalized spacial score (nSPS) is 17.5. The highest BCUT2D eigenvalue weighted by molar-refractivity contribution is 5.87. The molecule has 0 bridgehead atoms. The average molecular weight is 350 g/mol. The fourth-order valence-corrected chi connectivity index (χ4v) is 3.66. The number of aromatic nitrogens is 4. The highest BCUT2D eigenvalue weighted by atomic mass is 15.3. The van der Waals surface area contributed by atoms with E-state index < -0.39 is 0 Å². The monoisotopic (exact) mass is 350 g/mol. The van der Waals surface area contributed by atoms with Gasteiger partial charge in [0.05, 0.1) is 11.6 Å². The van der Waals surface area contributed by atoms with Crippen molar-refractivity contribution in [2.75, 3.05) is 32.1 Å². The Bertz CT molecular complexity index is 886. The van der Waals surface area contributed by atoms with Crippen LogP contribution in [0.2, 0.25) is 0 Å². The van der Waals surface area contributed by atoms with E-state index in [-0.39, 0.29) is 0 Å². The number of rotatable bonds is 5. The summed E-state index contributed by atoms with van der Waals surface area (Å²) in [6.45, 7) is 2.04. The van der Waals surface area contributed by atoms with Gasteiger partial charge in [-0.05, 0) is 32.5 Å². The van der Waals surface area contributed by atoms with Crippen molar-refractivity contribution < 1.29 is 0 Å². The summed E-state index contributed by atoms with van der Waals surface area (Å²) in [5, 5.41) is 5.47. The molecule has 136 valence electrons. The molecule has 1 aliphatic rings. The molecule has 0 radical (unpaired) electrons. The van der Waals surface area contributed by atoms with E-state index in [1.165, 1.54) is 5.56 Å². The average Bonchev–Trinajstić information content (AvgIpc) is 3.28. The Hall–Kier alpha value is -2.47. The van der Waals surface area contributed by atoms with Crippen LogP contribution in [0.4, 0.5) is 5.82 Å². The first-order valence-corrected chi connectivity index (χ1v) is 9.26. The number of hydrogen-bond acceptors (Lipinski definition) is 5. The molecule has 3 heterocycles. The van der Waals surface area contributed by atoms with Crippen molar-refractivity contribution in [3.8, 4) is 0 Å². The molecule has 1 aliphatic heterocycles. The van der Waals surface area contributed by atoms with Gasteiger partial charge in [-0.3, -0.25) is 4.68 Å². The fraction of sp³-hybridized carbons (Fsp3) is 0.450. The molecular weight excluding hydrogens is 324 g/mol. The summed E-state index contributed by atoms with van der Waals surface area (Å²) in [5.41, 5.74) is 2.24. The minimum Gasteiger partial charge on any atom is -0.354 e. The molecule has 0 unspecified atom stereocenters. The van der Waals surface area contributed by atoms with Crippen molar-refractivity contribution in [3.63, 3.8) is 0 Å². The maximum Gasteiger partial charge on any atom is 0.163 e. The third-order valence-corrected chi connectivity index (χ3v) is 5.29. The summed E-state index contributed by atoms with van der Waals surface area (Å²) >= 11 is 0. The Labute approximate surface area is 154 Å². The van der Waals surface area contributed by atoms with Gasteiger partial charge in [-0.2, -0.15) is 5.10 Å². The van der Waals surface area contributed by atoms with Crippen LogP contribution in [0.25, 0.3) is 11.0 Å². The molecule has 1 saturated heterocycles. The molecule has 26 heavy (non-hydrogen) atoms. The van der Waals surface area contributed by atoms with Crippen molar-refractivity contribution in [2.24, 2.45) is 7.05 Å². The number of aryl methyl sites for hydroxylation is 3. The third kappa shape index (κ3) is 3.29. The van der Waals surface area contributed by atoms with Gasteiger partial charge in [0.2, 0.25) is 0 Å². The van der Waals surface area contributed by atoms with Crippen LogP contribution in [0.3, 0.4) is 0 Å². The summed E-state index contributed by atoms with van der Waals surface area (Å²) in [6.07, 6.45) is 4.85. The summed E-state index contributed by atoms with van der Waals surface area (Å²) < 4.78 is 1.85. The van der Waals surface area contributed by atoms with Crippen molar-refractivity contribution in [2.45, 2.75) is 25.3 Å². The lowest BCUT2D eigenvalue weighted by molar-refractivity contribution is 0.315. The molecule has 4 rings (SSSR count). The van der Waals surface area contributed by atoms with Crippen molar-refractivity contribution in [1.82, 2.24) is 24.6 Å². The van der Waals surface area contributed by atoms with Crippen LogP contribution in [0.1, 0.15) is 17.8 Å². The van der Waals surface area contributed by atoms with Gasteiger partial charge in [-0.15, -0.1) is 0 Å². The molecule has 0 amide bonds. The maximum absolute atomic E-state index is 4.95. The van der Waals surface area contributed by atoms with E-state index in [1.54, 1.807) is 0 Å². The standard InChI is InChI=1S/C20H26N6/c1-24(2)16-11-12-26(14-16)20-17-13-21-25(3)19(17)22-18(23-20)10-9-15-7-5-4-6-8-15/h4-8,13,16H,9-12,14H2,1-3H3/t16-/m1/s1. The zero-order valence-electron chi connectivity index (χ0n) is 15.8. The molecular formula is C20H26N6. The minimum absolute atomic E-state index is 0.574. The van der Waals surface area contributed by atoms with Gasteiger partial charge in [0.15, 0.2) is 5.65 Å². The first-order valence-electron chi connectivity index (χ1n) is 9.26. The summed E-state index contributed by atoms with van der Waals surface area (Å²) in [7, 11) is 6.25. The predicted octanol–water partition coefficient (Wildman–Crippen LogP) is 2.29. The number of anilines is 1. The van der Waals surface area contributed by atoms with Gasteiger partial charge in [0.25, 0.3) is 0 Å². The Balaban J connectivity index is 1.64. The van der Waals surface area contributed by atoms with Crippen molar-refractivity contribution in [1.29, 1.82) is 0 Å². The molecule has 6 nitrogen and oxygen atoms in total. The van der Waals surface area contributed by atoms with E-state index in [4.69, 9.17) is 9.97 Å². The highest BCUT2D eigenvalue weighted by Crippen LogP contribution is 2.27. The van der Waals surface area contributed by atoms with E-state index in [2.05, 4.69) is 53.3 Å². The second-order valence-corrected chi connectivity index (χ2v) is 7.31. The molecule has 0 N–H and O–H groups in total. The van der Waals surface area contributed by atoms with Crippen LogP contribution < -0.4 is 4.90 Å². The van der Waals surface area contributed by atoms with Crippen molar-refractivity contribution >= 4 is 16.9 Å². The number of benzene rings is 1. The Morgan fingerprint density at radius 3 is 2.65 bits per heavy atom. The lowest BCUT2D eigenvalue weighted by Gasteiger charge is -2.22. The third-order valence-electron chi connectivity index (χ3n) is 5.29. The van der Waals surface area contributed by atoms with Gasteiger partial charge >= 0.3 is 0 Å². The molecule has 1 atom stereocenters. The van der Waals surface area contributed by atoms with Crippen LogP contribution in [0.15, 0.2) is 36.5 Å². The Morgan fingerprint density at radius 2 is 1.92 bits per heavy atom. The topological polar surface area (TPSA) is 50.1 Å². The lowest BCUT2D eigenvalue weighted by Crippen LogP contribution is -2.32. The SMILES string of the molecule is CN(C)[C@@H]1CCN(c2nc(CCc3ccccc3)nc3c2cnn3C)C1. The molecule has 1 aromatic carbocycles. The molecule has 0 spiro atoms. The first kappa shape index (κ1) is 17.0. The number of hydrogen-bond donors (Lipinski definition) is 0. The van der Waals surface area contributed by atoms with E-state index >= 15 is 0 Å². The Kier molecular flexibility index (Phi) is 4.59. The second-order valence-electron chi connectivity index (χ2n) is 7.31. The zero-order valence-corrected chi connectivity index (χ0v) is 15.8. The van der Waals surface area contributed by atoms with Gasteiger partial charge < -0.3 is 9.80 Å². The smallest absolute Gasteiger partial charge is 0.163 e. The van der Waals surface area contributed by atoms with Crippen LogP contribution in [0.5, 0.6) is 0 Å². The van der Waals surface area contributed by atoms with E-state index in [0.717, 1.165) is 55.0 Å². The summed E-state index contributed by atoms with van der Waals surface area (Å²) in [6, 6.07) is 11.1. The quantitative estimate of drug-likeness (QED) is 0.707. The van der Waals surface area contributed by atoms with Gasteiger partial charge in [-0.1, -0.05) is 30.3 Å². The molecule has 2 aromatic heterocycles. The van der Waals surface area contributed by atoms with Gasteiger partial charge in [0, 0.05) is 32.6 Å². The van der Waals surface area contributed by atoms with E-state index in [1.807, 2.05) is 24.0 Å². The zero-order chi connectivity index (χ0) is 18.1. The maximum atomic E-state index is 4.95. The van der Waals surface area contributed by atoms with Crippen molar-refractivity contribution in [3.05, 3.63) is 47.9 Å². The van der Waals surface area contributed by atoms with Crippen LogP contribution in [0, 0.1) is 0 Å².